The van der Waals surface area contributed by atoms with Crippen molar-refractivity contribution in [2.75, 3.05) is 0 Å². The molecule has 2 bridgehead atoms. The molecule has 3 fully saturated rings. The molecule has 2 amide bonds. The molecule has 4 aliphatic carbocycles. The molecule has 1 aliphatic heterocycles. The smallest absolute Gasteiger partial charge is 0.254 e. The molecule has 0 unspecified atom stereocenters. The minimum atomic E-state index is -0.173. The van der Waals surface area contributed by atoms with Crippen LogP contribution >= 0.6 is 22.6 Å². The van der Waals surface area contributed by atoms with Gasteiger partial charge in [-0.05, 0) is 58.7 Å². The van der Waals surface area contributed by atoms with E-state index in [-0.39, 0.29) is 35.5 Å². The van der Waals surface area contributed by atoms with Gasteiger partial charge in [0.25, 0.3) is 11.8 Å². The Morgan fingerprint density at radius 3 is 2.26 bits per heavy atom. The van der Waals surface area contributed by atoms with Crippen LogP contribution in [0.1, 0.15) is 12.0 Å². The summed E-state index contributed by atoms with van der Waals surface area (Å²) in [5, 5.41) is 5.39. The predicted molar refractivity (Wildman–Crippen MR) is 93.3 cm³/mol. The summed E-state index contributed by atoms with van der Waals surface area (Å²) in [6, 6.07) is 7.79. The van der Waals surface area contributed by atoms with Crippen molar-refractivity contribution in [1.82, 2.24) is 5.01 Å². The number of carbonyl (C=O) groups is 2. The molecule has 23 heavy (non-hydrogen) atoms. The average Bonchev–Trinajstić information content (AvgIpc) is 3.33. The minimum absolute atomic E-state index is 0.105. The number of rotatable bonds is 2. The van der Waals surface area contributed by atoms with Crippen LogP contribution in [0.4, 0.5) is 0 Å². The van der Waals surface area contributed by atoms with Crippen molar-refractivity contribution in [2.24, 2.45) is 40.6 Å². The molecule has 0 aromatic heterocycles. The maximum absolute atomic E-state index is 12.8. The monoisotopic (exact) mass is 418 g/mol. The van der Waals surface area contributed by atoms with Gasteiger partial charge in [-0.25, -0.2) is 0 Å². The van der Waals surface area contributed by atoms with Gasteiger partial charge < -0.3 is 0 Å². The first-order valence-electron chi connectivity index (χ1n) is 8.01. The fraction of sp³-hybridized carbons (Fsp3) is 0.389. The Morgan fingerprint density at radius 2 is 1.65 bits per heavy atom. The Labute approximate surface area is 147 Å². The van der Waals surface area contributed by atoms with Gasteiger partial charge in [0.1, 0.15) is 0 Å². The van der Waals surface area contributed by atoms with Gasteiger partial charge in [-0.3, -0.25) is 9.59 Å². The van der Waals surface area contributed by atoms with Gasteiger partial charge in [-0.1, -0.05) is 30.4 Å². The number of benzene rings is 1. The van der Waals surface area contributed by atoms with Crippen molar-refractivity contribution >= 4 is 40.6 Å². The molecule has 116 valence electrons. The van der Waals surface area contributed by atoms with Gasteiger partial charge in [0.2, 0.25) is 0 Å². The number of allylic oxidation sites excluding steroid dienone is 2. The summed E-state index contributed by atoms with van der Waals surface area (Å²) in [4.78, 5) is 25.5. The average molecular weight is 418 g/mol. The first-order chi connectivity index (χ1) is 11.2. The quantitative estimate of drug-likeness (QED) is 0.321. The summed E-state index contributed by atoms with van der Waals surface area (Å²) in [7, 11) is 0. The maximum Gasteiger partial charge on any atom is 0.254 e. The highest BCUT2D eigenvalue weighted by Crippen LogP contribution is 2.65. The Bertz CT molecular complexity index is 751. The van der Waals surface area contributed by atoms with Crippen molar-refractivity contribution in [3.05, 3.63) is 45.6 Å². The van der Waals surface area contributed by atoms with Gasteiger partial charge in [0, 0.05) is 9.13 Å². The van der Waals surface area contributed by atoms with Gasteiger partial charge in [-0.15, -0.1) is 0 Å². The number of amides is 2. The number of hydrazone groups is 1. The lowest BCUT2D eigenvalue weighted by atomic mass is 9.63. The molecule has 0 N–H and O–H groups in total. The number of carbonyl (C=O) groups excluding carboxylic acids is 2. The first-order valence-corrected chi connectivity index (χ1v) is 9.09. The predicted octanol–water partition coefficient (Wildman–Crippen LogP) is 2.68. The third-order valence-corrected chi connectivity index (χ3v) is 6.84. The number of nitrogens with zero attached hydrogens (tertiary/aromatic N) is 2. The fourth-order valence-electron chi connectivity index (χ4n) is 4.75. The van der Waals surface area contributed by atoms with Crippen molar-refractivity contribution in [1.29, 1.82) is 0 Å². The van der Waals surface area contributed by atoms with Crippen molar-refractivity contribution in [2.45, 2.75) is 6.42 Å². The van der Waals surface area contributed by atoms with E-state index in [0.29, 0.717) is 11.8 Å². The summed E-state index contributed by atoms with van der Waals surface area (Å²) < 4.78 is 1.05. The van der Waals surface area contributed by atoms with Crippen LogP contribution in [0.2, 0.25) is 0 Å². The molecule has 1 aromatic carbocycles. The summed E-state index contributed by atoms with van der Waals surface area (Å²) in [5.74, 6) is 1.20. The van der Waals surface area contributed by atoms with E-state index in [2.05, 4.69) is 39.8 Å². The van der Waals surface area contributed by atoms with E-state index in [4.69, 9.17) is 0 Å². The zero-order valence-electron chi connectivity index (χ0n) is 12.3. The van der Waals surface area contributed by atoms with Gasteiger partial charge in [0.15, 0.2) is 0 Å². The lowest BCUT2D eigenvalue weighted by Gasteiger charge is -2.37. The SMILES string of the molecule is O=C1[C@@H]2[C@H]3C=C[C@@H]([C@@H]4C[C@H]34)[C@@H]2C(=O)N1N=Cc1ccccc1I. The topological polar surface area (TPSA) is 49.7 Å². The third kappa shape index (κ3) is 1.86. The molecule has 4 nitrogen and oxygen atoms in total. The Hall–Kier alpha value is -1.50. The Kier molecular flexibility index (Phi) is 2.87. The van der Waals surface area contributed by atoms with Crippen LogP contribution in [0, 0.1) is 39.1 Å². The van der Waals surface area contributed by atoms with E-state index >= 15 is 0 Å². The minimum Gasteiger partial charge on any atom is -0.272 e. The summed E-state index contributed by atoms with van der Waals surface area (Å²) in [5.41, 5.74) is 0.924. The van der Waals surface area contributed by atoms with Crippen molar-refractivity contribution < 1.29 is 9.59 Å². The van der Waals surface area contributed by atoms with Crippen LogP contribution in [0.15, 0.2) is 41.5 Å². The van der Waals surface area contributed by atoms with Crippen LogP contribution in [-0.4, -0.2) is 23.0 Å². The highest BCUT2D eigenvalue weighted by atomic mass is 127. The normalized spacial score (nSPS) is 40.0. The summed E-state index contributed by atoms with van der Waals surface area (Å²) in [6.07, 6.45) is 7.17. The number of imide groups is 1. The van der Waals surface area contributed by atoms with Gasteiger partial charge >= 0.3 is 0 Å². The standard InChI is InChI=1S/C18H15IN2O2/c19-14-4-2-1-3-9(14)8-20-21-17(22)15-10-5-6-11(13-7-12(10)13)16(15)18(21)23/h1-6,8,10-13,15-16H,7H2/t10-,11-,12-,13+,15-,16+/m0/s1. The highest BCUT2D eigenvalue weighted by molar-refractivity contribution is 14.1. The lowest BCUT2D eigenvalue weighted by Crippen LogP contribution is -2.40. The lowest BCUT2D eigenvalue weighted by molar-refractivity contribution is -0.140. The van der Waals surface area contributed by atoms with E-state index in [1.165, 1.54) is 6.42 Å². The molecule has 2 saturated carbocycles. The molecular weight excluding hydrogens is 403 g/mol. The number of halogens is 1. The summed E-state index contributed by atoms with van der Waals surface area (Å²) >= 11 is 2.23. The molecule has 1 saturated heterocycles. The number of hydrogen-bond acceptors (Lipinski definition) is 3. The van der Waals surface area contributed by atoms with Gasteiger partial charge in [0.05, 0.1) is 18.1 Å². The number of hydrogen-bond donors (Lipinski definition) is 0. The molecule has 0 spiro atoms. The second-order valence-corrected chi connectivity index (χ2v) is 8.07. The Morgan fingerprint density at radius 1 is 1.04 bits per heavy atom. The van der Waals surface area contributed by atoms with E-state index in [1.54, 1.807) is 6.21 Å². The molecular formula is C18H15IN2O2. The van der Waals surface area contributed by atoms with Gasteiger partial charge in [-0.2, -0.15) is 10.1 Å². The van der Waals surface area contributed by atoms with Crippen molar-refractivity contribution in [3.8, 4) is 0 Å². The zero-order chi connectivity index (χ0) is 15.7. The second kappa shape index (κ2) is 4.75. The van der Waals surface area contributed by atoms with Crippen LogP contribution in [0.5, 0.6) is 0 Å². The molecule has 1 aromatic rings. The zero-order valence-corrected chi connectivity index (χ0v) is 14.5. The maximum atomic E-state index is 12.8. The fourth-order valence-corrected chi connectivity index (χ4v) is 5.28. The summed E-state index contributed by atoms with van der Waals surface area (Å²) in [6.45, 7) is 0. The van der Waals surface area contributed by atoms with Crippen LogP contribution in [0.3, 0.4) is 0 Å². The van der Waals surface area contributed by atoms with Crippen LogP contribution < -0.4 is 0 Å². The molecule has 6 rings (SSSR count). The molecule has 5 aliphatic rings. The third-order valence-electron chi connectivity index (χ3n) is 5.86. The van der Waals surface area contributed by atoms with E-state index < -0.39 is 0 Å². The Balaban J connectivity index is 1.47. The molecule has 6 atom stereocenters. The largest absolute Gasteiger partial charge is 0.272 e. The second-order valence-electron chi connectivity index (χ2n) is 6.91. The van der Waals surface area contributed by atoms with Crippen LogP contribution in [0.25, 0.3) is 0 Å². The van der Waals surface area contributed by atoms with Crippen molar-refractivity contribution in [3.63, 3.8) is 0 Å². The molecule has 5 heteroatoms. The van der Waals surface area contributed by atoms with Crippen LogP contribution in [-0.2, 0) is 9.59 Å². The van der Waals surface area contributed by atoms with E-state index in [9.17, 15) is 9.59 Å². The highest BCUT2D eigenvalue weighted by Gasteiger charge is 2.67. The van der Waals surface area contributed by atoms with E-state index in [1.807, 2.05) is 24.3 Å². The molecule has 1 heterocycles. The first kappa shape index (κ1) is 13.9. The van der Waals surface area contributed by atoms with E-state index in [0.717, 1.165) is 14.1 Å². The molecule has 0 radical (unpaired) electrons.